The molecule has 52 heavy (non-hydrogen) atoms. The summed E-state index contributed by atoms with van der Waals surface area (Å²) < 4.78 is 0. The molecule has 248 valence electrons. The summed E-state index contributed by atoms with van der Waals surface area (Å²) in [6.07, 6.45) is 18.1. The number of rotatable bonds is 6. The SMILES string of the molecule is C1=CCC(c2ccccc2)C(N(c2ccc3c(c2)C(c2ccccc2)(C2C=CC=CC2)c2ccccc2-3)c2ccc3ccc4ccccc4c3c2)=C1. The van der Waals surface area contributed by atoms with Crippen molar-refractivity contribution in [1.29, 1.82) is 0 Å². The first-order chi connectivity index (χ1) is 25.8. The third-order valence-corrected chi connectivity index (χ3v) is 11.7. The Labute approximate surface area is 306 Å². The highest BCUT2D eigenvalue weighted by Gasteiger charge is 2.49. The van der Waals surface area contributed by atoms with Crippen molar-refractivity contribution in [3.05, 3.63) is 228 Å². The van der Waals surface area contributed by atoms with Crippen molar-refractivity contribution in [2.75, 3.05) is 4.90 Å². The maximum Gasteiger partial charge on any atom is 0.0529 e. The molecule has 7 aromatic carbocycles. The number of hydrogen-bond acceptors (Lipinski definition) is 1. The van der Waals surface area contributed by atoms with Crippen molar-refractivity contribution in [1.82, 2.24) is 0 Å². The molecule has 0 spiro atoms. The second-order valence-electron chi connectivity index (χ2n) is 14.4. The Bertz CT molecular complexity index is 2590. The summed E-state index contributed by atoms with van der Waals surface area (Å²) >= 11 is 0. The molecule has 1 heteroatoms. The van der Waals surface area contributed by atoms with Gasteiger partial charge in [0.15, 0.2) is 0 Å². The fraction of sp³-hybridized carbons (Fsp3) is 0.0980. The van der Waals surface area contributed by atoms with E-state index in [9.17, 15) is 0 Å². The van der Waals surface area contributed by atoms with E-state index in [1.165, 1.54) is 72.0 Å². The maximum absolute atomic E-state index is 2.55. The highest BCUT2D eigenvalue weighted by molar-refractivity contribution is 6.08. The van der Waals surface area contributed by atoms with Gasteiger partial charge in [0.1, 0.15) is 0 Å². The molecular formula is C51H39N. The average molecular weight is 666 g/mol. The fourth-order valence-corrected chi connectivity index (χ4v) is 9.38. The summed E-state index contributed by atoms with van der Waals surface area (Å²) in [5.41, 5.74) is 11.4. The van der Waals surface area contributed by atoms with Crippen molar-refractivity contribution in [2.24, 2.45) is 5.92 Å². The van der Waals surface area contributed by atoms with Gasteiger partial charge in [-0.2, -0.15) is 0 Å². The van der Waals surface area contributed by atoms with Gasteiger partial charge < -0.3 is 4.90 Å². The molecule has 0 amide bonds. The third kappa shape index (κ3) is 4.77. The van der Waals surface area contributed by atoms with Crippen LogP contribution in [-0.2, 0) is 5.41 Å². The van der Waals surface area contributed by atoms with Crippen molar-refractivity contribution >= 4 is 32.9 Å². The average Bonchev–Trinajstić information content (AvgIpc) is 3.52. The van der Waals surface area contributed by atoms with Crippen molar-refractivity contribution < 1.29 is 0 Å². The van der Waals surface area contributed by atoms with Gasteiger partial charge in [0.25, 0.3) is 0 Å². The van der Waals surface area contributed by atoms with Crippen LogP contribution in [0.4, 0.5) is 11.4 Å². The lowest BCUT2D eigenvalue weighted by molar-refractivity contribution is 0.457. The largest absolute Gasteiger partial charge is 0.314 e. The van der Waals surface area contributed by atoms with E-state index in [1.807, 2.05) is 0 Å². The first kappa shape index (κ1) is 30.6. The topological polar surface area (TPSA) is 3.24 Å². The molecule has 3 atom stereocenters. The smallest absolute Gasteiger partial charge is 0.0529 e. The second-order valence-corrected chi connectivity index (χ2v) is 14.4. The number of allylic oxidation sites excluding steroid dienone is 8. The van der Waals surface area contributed by atoms with Crippen LogP contribution in [0, 0.1) is 5.92 Å². The van der Waals surface area contributed by atoms with Crippen LogP contribution in [0.1, 0.15) is 41.0 Å². The summed E-state index contributed by atoms with van der Waals surface area (Å²) in [7, 11) is 0. The molecule has 0 saturated carbocycles. The van der Waals surface area contributed by atoms with Crippen LogP contribution in [0.25, 0.3) is 32.7 Å². The van der Waals surface area contributed by atoms with E-state index in [0.717, 1.165) is 12.8 Å². The van der Waals surface area contributed by atoms with Gasteiger partial charge >= 0.3 is 0 Å². The van der Waals surface area contributed by atoms with Crippen LogP contribution in [0.2, 0.25) is 0 Å². The maximum atomic E-state index is 2.55. The lowest BCUT2D eigenvalue weighted by Crippen LogP contribution is -2.35. The Morgan fingerprint density at radius 3 is 2.02 bits per heavy atom. The minimum Gasteiger partial charge on any atom is -0.314 e. The molecule has 0 aliphatic heterocycles. The molecule has 3 aliphatic carbocycles. The molecule has 7 aromatic rings. The van der Waals surface area contributed by atoms with Crippen LogP contribution < -0.4 is 4.90 Å². The highest BCUT2D eigenvalue weighted by atomic mass is 15.2. The second kappa shape index (κ2) is 12.5. The predicted molar refractivity (Wildman–Crippen MR) is 219 cm³/mol. The van der Waals surface area contributed by atoms with Gasteiger partial charge in [0.2, 0.25) is 0 Å². The summed E-state index contributed by atoms with van der Waals surface area (Å²) in [4.78, 5) is 2.55. The zero-order chi connectivity index (χ0) is 34.5. The van der Waals surface area contributed by atoms with E-state index in [1.54, 1.807) is 0 Å². The highest BCUT2D eigenvalue weighted by Crippen LogP contribution is 2.59. The zero-order valence-electron chi connectivity index (χ0n) is 29.1. The van der Waals surface area contributed by atoms with E-state index in [2.05, 4.69) is 205 Å². The molecule has 0 heterocycles. The molecule has 3 unspecified atom stereocenters. The molecule has 0 bridgehead atoms. The number of nitrogens with zero attached hydrogens (tertiary/aromatic N) is 1. The van der Waals surface area contributed by atoms with Gasteiger partial charge in [0, 0.05) is 23.0 Å². The molecule has 0 aromatic heterocycles. The third-order valence-electron chi connectivity index (χ3n) is 11.7. The van der Waals surface area contributed by atoms with Crippen LogP contribution >= 0.6 is 0 Å². The summed E-state index contributed by atoms with van der Waals surface area (Å²) in [5, 5.41) is 5.07. The molecule has 3 aliphatic rings. The lowest BCUT2D eigenvalue weighted by Gasteiger charge is -2.40. The Hall–Kier alpha value is -6.18. The summed E-state index contributed by atoms with van der Waals surface area (Å²) in [6.45, 7) is 0. The molecule has 10 rings (SSSR count). The van der Waals surface area contributed by atoms with Gasteiger partial charge in [-0.05, 0) is 104 Å². The molecule has 0 N–H and O–H groups in total. The van der Waals surface area contributed by atoms with Crippen LogP contribution in [0.15, 0.2) is 206 Å². The standard InChI is InChI=1S/C51H39N/c1-4-16-36(17-5-1)44-24-13-15-27-50(44)52(41-31-30-38-29-28-37-18-10-11-23-43(37)47(38)34-41)42-32-33-46-45-25-12-14-26-48(45)51(49(46)35-42,39-19-6-2-7-20-39)40-21-8-3-9-22-40/h1-21,23,25-35,40,44H,22,24H2. The Morgan fingerprint density at radius 1 is 0.500 bits per heavy atom. The van der Waals surface area contributed by atoms with E-state index in [0.29, 0.717) is 0 Å². The Kier molecular flexibility index (Phi) is 7.39. The molecule has 0 radical (unpaired) electrons. The first-order valence-electron chi connectivity index (χ1n) is 18.6. The molecule has 1 nitrogen and oxygen atoms in total. The van der Waals surface area contributed by atoms with Gasteiger partial charge in [0.05, 0.1) is 5.41 Å². The zero-order valence-corrected chi connectivity index (χ0v) is 29.1. The summed E-state index contributed by atoms with van der Waals surface area (Å²) in [5.74, 6) is 0.483. The van der Waals surface area contributed by atoms with Gasteiger partial charge in [-0.25, -0.2) is 0 Å². The monoisotopic (exact) mass is 665 g/mol. The number of benzene rings is 7. The predicted octanol–water partition coefficient (Wildman–Crippen LogP) is 13.2. The van der Waals surface area contributed by atoms with Gasteiger partial charge in [-0.3, -0.25) is 0 Å². The van der Waals surface area contributed by atoms with E-state index >= 15 is 0 Å². The Balaban J connectivity index is 1.25. The molecule has 0 fully saturated rings. The fourth-order valence-electron chi connectivity index (χ4n) is 9.38. The van der Waals surface area contributed by atoms with Crippen LogP contribution in [0.5, 0.6) is 0 Å². The van der Waals surface area contributed by atoms with Crippen molar-refractivity contribution in [2.45, 2.75) is 24.2 Å². The van der Waals surface area contributed by atoms with E-state index < -0.39 is 0 Å². The first-order valence-corrected chi connectivity index (χ1v) is 18.6. The quantitative estimate of drug-likeness (QED) is 0.160. The summed E-state index contributed by atoms with van der Waals surface area (Å²) in [6, 6.07) is 59.0. The minimum absolute atomic E-state index is 0.213. The normalized spacial score (nSPS) is 20.1. The van der Waals surface area contributed by atoms with Crippen LogP contribution in [-0.4, -0.2) is 0 Å². The molecule has 0 saturated heterocycles. The Morgan fingerprint density at radius 2 is 1.17 bits per heavy atom. The van der Waals surface area contributed by atoms with Crippen molar-refractivity contribution in [3.63, 3.8) is 0 Å². The molecular weight excluding hydrogens is 627 g/mol. The van der Waals surface area contributed by atoms with Crippen LogP contribution in [0.3, 0.4) is 0 Å². The number of fused-ring (bicyclic) bond motifs is 6. The minimum atomic E-state index is -0.338. The van der Waals surface area contributed by atoms with E-state index in [-0.39, 0.29) is 17.3 Å². The lowest BCUT2D eigenvalue weighted by atomic mass is 9.62. The van der Waals surface area contributed by atoms with Crippen molar-refractivity contribution in [3.8, 4) is 11.1 Å². The number of anilines is 2. The number of hydrogen-bond donors (Lipinski definition) is 0. The van der Waals surface area contributed by atoms with Gasteiger partial charge in [-0.15, -0.1) is 0 Å². The van der Waals surface area contributed by atoms with Gasteiger partial charge in [-0.1, -0.05) is 170 Å². The van der Waals surface area contributed by atoms with E-state index in [4.69, 9.17) is 0 Å².